The van der Waals surface area contributed by atoms with Gasteiger partial charge in [-0.15, -0.1) is 0 Å². The lowest BCUT2D eigenvalue weighted by Gasteiger charge is -2.26. The zero-order chi connectivity index (χ0) is 21.0. The van der Waals surface area contributed by atoms with Gasteiger partial charge in [0.15, 0.2) is 0 Å². The number of aryl methyl sites for hydroxylation is 1. The Morgan fingerprint density at radius 1 is 1.07 bits per heavy atom. The van der Waals surface area contributed by atoms with Crippen molar-refractivity contribution in [2.75, 3.05) is 13.1 Å². The van der Waals surface area contributed by atoms with Crippen LogP contribution < -0.4 is 5.32 Å². The van der Waals surface area contributed by atoms with Crippen LogP contribution in [0.5, 0.6) is 0 Å². The summed E-state index contributed by atoms with van der Waals surface area (Å²) in [7, 11) is 0. The SMILES string of the molecule is Cc1ccccc1C1CCCN1C(=O)CCNC(=O)c1ccc(C(C)(C)C)cc1. The zero-order valence-corrected chi connectivity index (χ0v) is 18.0. The summed E-state index contributed by atoms with van der Waals surface area (Å²) < 4.78 is 0. The standard InChI is InChI=1S/C25H32N2O2/c1-18-8-5-6-9-21(18)22-10-7-17-27(22)23(28)15-16-26-24(29)19-11-13-20(14-12-19)25(2,3)4/h5-6,8-9,11-14,22H,7,10,15-17H2,1-4H3,(H,26,29). The molecule has 2 aromatic rings. The van der Waals surface area contributed by atoms with Crippen molar-refractivity contribution < 1.29 is 9.59 Å². The fraction of sp³-hybridized carbons (Fsp3) is 0.440. The van der Waals surface area contributed by atoms with E-state index in [2.05, 4.69) is 45.1 Å². The van der Waals surface area contributed by atoms with Gasteiger partial charge in [-0.1, -0.05) is 57.2 Å². The van der Waals surface area contributed by atoms with Gasteiger partial charge in [0.1, 0.15) is 0 Å². The summed E-state index contributed by atoms with van der Waals surface area (Å²) in [5.74, 6) is -0.0192. The van der Waals surface area contributed by atoms with Crippen molar-refractivity contribution in [3.63, 3.8) is 0 Å². The van der Waals surface area contributed by atoms with Crippen LogP contribution in [0.4, 0.5) is 0 Å². The van der Waals surface area contributed by atoms with E-state index in [1.807, 2.05) is 41.3 Å². The molecule has 2 aromatic carbocycles. The van der Waals surface area contributed by atoms with Crippen molar-refractivity contribution >= 4 is 11.8 Å². The maximum absolute atomic E-state index is 12.8. The number of amides is 2. The molecule has 154 valence electrons. The Bertz CT molecular complexity index is 865. The van der Waals surface area contributed by atoms with Gasteiger partial charge in [-0.05, 0) is 54.0 Å². The largest absolute Gasteiger partial charge is 0.352 e. The van der Waals surface area contributed by atoms with Crippen LogP contribution in [-0.4, -0.2) is 29.8 Å². The van der Waals surface area contributed by atoms with Gasteiger partial charge in [-0.25, -0.2) is 0 Å². The highest BCUT2D eigenvalue weighted by Crippen LogP contribution is 2.33. The Labute approximate surface area is 174 Å². The molecular weight excluding hydrogens is 360 g/mol. The summed E-state index contributed by atoms with van der Waals surface area (Å²) in [6, 6.07) is 16.1. The number of carbonyl (C=O) groups excluding carboxylic acids is 2. The minimum absolute atomic E-state index is 0.0603. The summed E-state index contributed by atoms with van der Waals surface area (Å²) in [6.07, 6.45) is 2.36. The average molecular weight is 393 g/mol. The Kier molecular flexibility index (Phi) is 6.41. The van der Waals surface area contributed by atoms with Gasteiger partial charge in [-0.3, -0.25) is 9.59 Å². The first-order valence-electron chi connectivity index (χ1n) is 10.5. The van der Waals surface area contributed by atoms with Gasteiger partial charge in [0.05, 0.1) is 6.04 Å². The summed E-state index contributed by atoms with van der Waals surface area (Å²) in [5.41, 5.74) is 4.35. The number of likely N-dealkylation sites (tertiary alicyclic amines) is 1. The van der Waals surface area contributed by atoms with Crippen molar-refractivity contribution in [2.45, 2.75) is 58.4 Å². The highest BCUT2D eigenvalue weighted by molar-refractivity contribution is 5.94. The minimum atomic E-state index is -0.130. The van der Waals surface area contributed by atoms with Crippen molar-refractivity contribution in [3.05, 3.63) is 70.8 Å². The second-order valence-electron chi connectivity index (χ2n) is 8.93. The van der Waals surface area contributed by atoms with Crippen LogP contribution >= 0.6 is 0 Å². The maximum atomic E-state index is 12.8. The molecule has 0 saturated carbocycles. The molecule has 1 aliphatic rings. The lowest BCUT2D eigenvalue weighted by Crippen LogP contribution is -2.34. The third-order valence-corrected chi connectivity index (χ3v) is 5.76. The van der Waals surface area contributed by atoms with Crippen LogP contribution in [0.3, 0.4) is 0 Å². The van der Waals surface area contributed by atoms with Gasteiger partial charge in [0.25, 0.3) is 5.91 Å². The lowest BCUT2D eigenvalue weighted by atomic mass is 9.87. The number of benzene rings is 2. The summed E-state index contributed by atoms with van der Waals surface area (Å²) >= 11 is 0. The van der Waals surface area contributed by atoms with E-state index in [0.717, 1.165) is 19.4 Å². The van der Waals surface area contributed by atoms with Crippen LogP contribution in [0.15, 0.2) is 48.5 Å². The maximum Gasteiger partial charge on any atom is 0.251 e. The fourth-order valence-corrected chi connectivity index (χ4v) is 4.00. The molecule has 3 rings (SSSR count). The molecule has 1 unspecified atom stereocenters. The van der Waals surface area contributed by atoms with Gasteiger partial charge >= 0.3 is 0 Å². The molecule has 1 N–H and O–H groups in total. The van der Waals surface area contributed by atoms with E-state index in [-0.39, 0.29) is 23.3 Å². The van der Waals surface area contributed by atoms with Gasteiger partial charge < -0.3 is 10.2 Å². The summed E-state index contributed by atoms with van der Waals surface area (Å²) in [5, 5.41) is 2.89. The van der Waals surface area contributed by atoms with Crippen molar-refractivity contribution in [2.24, 2.45) is 0 Å². The van der Waals surface area contributed by atoms with E-state index in [0.29, 0.717) is 18.5 Å². The van der Waals surface area contributed by atoms with E-state index in [9.17, 15) is 9.59 Å². The van der Waals surface area contributed by atoms with E-state index >= 15 is 0 Å². The van der Waals surface area contributed by atoms with E-state index in [1.165, 1.54) is 16.7 Å². The molecule has 0 radical (unpaired) electrons. The van der Waals surface area contributed by atoms with Crippen LogP contribution in [0.2, 0.25) is 0 Å². The van der Waals surface area contributed by atoms with Crippen LogP contribution in [0.25, 0.3) is 0 Å². The van der Waals surface area contributed by atoms with Crippen molar-refractivity contribution in [1.29, 1.82) is 0 Å². The Morgan fingerprint density at radius 2 is 1.76 bits per heavy atom. The van der Waals surface area contributed by atoms with E-state index in [4.69, 9.17) is 0 Å². The molecule has 2 amide bonds. The van der Waals surface area contributed by atoms with E-state index < -0.39 is 0 Å². The molecule has 1 atom stereocenters. The van der Waals surface area contributed by atoms with Gasteiger partial charge in [-0.2, -0.15) is 0 Å². The molecule has 1 fully saturated rings. The second-order valence-corrected chi connectivity index (χ2v) is 8.93. The monoisotopic (exact) mass is 392 g/mol. The predicted molar refractivity (Wildman–Crippen MR) is 117 cm³/mol. The highest BCUT2D eigenvalue weighted by atomic mass is 16.2. The first-order chi connectivity index (χ1) is 13.8. The predicted octanol–water partition coefficient (Wildman–Crippen LogP) is 4.78. The molecule has 29 heavy (non-hydrogen) atoms. The normalized spacial score (nSPS) is 16.7. The van der Waals surface area contributed by atoms with Crippen LogP contribution in [0, 0.1) is 6.92 Å². The first kappa shape index (κ1) is 21.1. The fourth-order valence-electron chi connectivity index (χ4n) is 4.00. The quantitative estimate of drug-likeness (QED) is 0.796. The summed E-state index contributed by atoms with van der Waals surface area (Å²) in [4.78, 5) is 27.2. The third-order valence-electron chi connectivity index (χ3n) is 5.76. The second kappa shape index (κ2) is 8.81. The minimum Gasteiger partial charge on any atom is -0.352 e. The molecule has 4 heteroatoms. The van der Waals surface area contributed by atoms with E-state index in [1.54, 1.807) is 0 Å². The Hall–Kier alpha value is -2.62. The molecule has 0 aromatic heterocycles. The number of rotatable bonds is 5. The zero-order valence-electron chi connectivity index (χ0n) is 18.0. The van der Waals surface area contributed by atoms with Gasteiger partial charge in [0, 0.05) is 25.1 Å². The molecule has 0 aliphatic carbocycles. The topological polar surface area (TPSA) is 49.4 Å². The molecule has 4 nitrogen and oxygen atoms in total. The number of nitrogens with zero attached hydrogens (tertiary/aromatic N) is 1. The third kappa shape index (κ3) is 5.06. The Morgan fingerprint density at radius 3 is 2.41 bits per heavy atom. The highest BCUT2D eigenvalue weighted by Gasteiger charge is 2.30. The molecule has 1 heterocycles. The van der Waals surface area contributed by atoms with Gasteiger partial charge in [0.2, 0.25) is 5.91 Å². The number of carbonyl (C=O) groups is 2. The van der Waals surface area contributed by atoms with Crippen LogP contribution in [-0.2, 0) is 10.2 Å². The Balaban J connectivity index is 1.54. The molecular formula is C25H32N2O2. The average Bonchev–Trinajstić information content (AvgIpc) is 3.17. The molecule has 1 aliphatic heterocycles. The molecule has 1 saturated heterocycles. The molecule has 0 bridgehead atoms. The van der Waals surface area contributed by atoms with Crippen LogP contribution in [0.1, 0.15) is 73.1 Å². The smallest absolute Gasteiger partial charge is 0.251 e. The van der Waals surface area contributed by atoms with Crippen molar-refractivity contribution in [3.8, 4) is 0 Å². The lowest BCUT2D eigenvalue weighted by molar-refractivity contribution is -0.132. The summed E-state index contributed by atoms with van der Waals surface area (Å²) in [6.45, 7) is 9.69. The van der Waals surface area contributed by atoms with Crippen molar-refractivity contribution in [1.82, 2.24) is 10.2 Å². The molecule has 0 spiro atoms. The first-order valence-corrected chi connectivity index (χ1v) is 10.5. The number of hydrogen-bond acceptors (Lipinski definition) is 2. The number of nitrogens with one attached hydrogen (secondary N) is 1. The number of hydrogen-bond donors (Lipinski definition) is 1.